The Morgan fingerprint density at radius 1 is 1.07 bits per heavy atom. The second kappa shape index (κ2) is 8.93. The van der Waals surface area contributed by atoms with Gasteiger partial charge in [0.2, 0.25) is 5.91 Å². The zero-order valence-corrected chi connectivity index (χ0v) is 16.6. The summed E-state index contributed by atoms with van der Waals surface area (Å²) in [7, 11) is 0. The van der Waals surface area contributed by atoms with Crippen LogP contribution >= 0.6 is 0 Å². The predicted octanol–water partition coefficient (Wildman–Crippen LogP) is 4.15. The summed E-state index contributed by atoms with van der Waals surface area (Å²) in [6.45, 7) is 1.50. The number of ether oxygens (including phenoxy) is 1. The number of carbonyl (C=O) groups excluding carboxylic acids is 2. The van der Waals surface area contributed by atoms with E-state index in [1.807, 2.05) is 23.1 Å². The Hall–Kier alpha value is -2.10. The Morgan fingerprint density at radius 2 is 1.86 bits per heavy atom. The number of nitrogens with zero attached hydrogens (tertiary/aromatic N) is 1. The van der Waals surface area contributed by atoms with Crippen LogP contribution in [0.15, 0.2) is 42.5 Å². The maximum absolute atomic E-state index is 13.3. The maximum Gasteiger partial charge on any atom is 0.310 e. The van der Waals surface area contributed by atoms with Crippen molar-refractivity contribution in [1.82, 2.24) is 4.90 Å². The highest BCUT2D eigenvalue weighted by Gasteiger charge is 2.45. The molecule has 0 unspecified atom stereocenters. The number of amides is 1. The van der Waals surface area contributed by atoms with Gasteiger partial charge >= 0.3 is 5.97 Å². The molecule has 1 aromatic rings. The molecule has 1 saturated heterocycles. The molecule has 2 aliphatic carbocycles. The average molecular weight is 382 g/mol. The Balaban J connectivity index is 1.41. The van der Waals surface area contributed by atoms with Gasteiger partial charge in [-0.25, -0.2) is 0 Å². The molecule has 4 nitrogen and oxygen atoms in total. The van der Waals surface area contributed by atoms with E-state index >= 15 is 0 Å². The monoisotopic (exact) mass is 381 g/mol. The van der Waals surface area contributed by atoms with E-state index in [2.05, 4.69) is 24.3 Å². The summed E-state index contributed by atoms with van der Waals surface area (Å²) in [5.74, 6) is -0.390. The summed E-state index contributed by atoms with van der Waals surface area (Å²) in [5, 5.41) is 0. The van der Waals surface area contributed by atoms with Crippen LogP contribution in [0.4, 0.5) is 0 Å². The second-order valence-electron chi connectivity index (χ2n) is 8.51. The summed E-state index contributed by atoms with van der Waals surface area (Å²) >= 11 is 0. The maximum atomic E-state index is 13.3. The van der Waals surface area contributed by atoms with E-state index < -0.39 is 0 Å². The number of carbonyl (C=O) groups is 2. The molecule has 0 bridgehead atoms. The number of benzene rings is 1. The molecule has 0 N–H and O–H groups in total. The second-order valence-corrected chi connectivity index (χ2v) is 8.51. The number of hydrogen-bond acceptors (Lipinski definition) is 3. The number of fused-ring (bicyclic) bond motifs is 1. The van der Waals surface area contributed by atoms with E-state index in [0.717, 1.165) is 51.6 Å². The van der Waals surface area contributed by atoms with Gasteiger partial charge in [-0.15, -0.1) is 0 Å². The number of allylic oxidation sites excluding steroid dienone is 2. The average Bonchev–Trinajstić information content (AvgIpc) is 2.74. The van der Waals surface area contributed by atoms with Gasteiger partial charge in [0.1, 0.15) is 6.10 Å². The topological polar surface area (TPSA) is 46.6 Å². The normalized spacial score (nSPS) is 28.1. The minimum absolute atomic E-state index is 0.0542. The summed E-state index contributed by atoms with van der Waals surface area (Å²) in [4.78, 5) is 28.2. The molecule has 1 aliphatic heterocycles. The molecule has 0 spiro atoms. The molecule has 4 heteroatoms. The zero-order valence-electron chi connectivity index (χ0n) is 16.6. The number of piperidine rings is 1. The molecule has 3 aliphatic rings. The standard InChI is InChI=1S/C24H31NO3/c26-23-22-19(15-17-25(23)16-14-18-8-3-1-4-9-18)10-7-13-21(22)24(27)28-20-11-5-2-6-12-20/h1,3-4,7-10,19-22H,2,5-6,11-17H2/t19-,21-,22+/m0/s1. The molecule has 1 amide bonds. The lowest BCUT2D eigenvalue weighted by Gasteiger charge is -2.41. The van der Waals surface area contributed by atoms with Crippen LogP contribution in [0.5, 0.6) is 0 Å². The van der Waals surface area contributed by atoms with Crippen molar-refractivity contribution in [3.63, 3.8) is 0 Å². The first-order chi connectivity index (χ1) is 13.7. The third kappa shape index (κ3) is 4.31. The van der Waals surface area contributed by atoms with Crippen LogP contribution < -0.4 is 0 Å². The first-order valence-corrected chi connectivity index (χ1v) is 10.9. The lowest BCUT2D eigenvalue weighted by atomic mass is 9.71. The fourth-order valence-electron chi connectivity index (χ4n) is 5.03. The zero-order chi connectivity index (χ0) is 19.3. The van der Waals surface area contributed by atoms with Crippen LogP contribution in [-0.2, 0) is 20.7 Å². The fourth-order valence-corrected chi connectivity index (χ4v) is 5.03. The number of esters is 1. The first-order valence-electron chi connectivity index (χ1n) is 10.9. The third-order valence-electron chi connectivity index (χ3n) is 6.65. The minimum Gasteiger partial charge on any atom is -0.462 e. The number of likely N-dealkylation sites (tertiary alicyclic amines) is 1. The lowest BCUT2D eigenvalue weighted by Crippen LogP contribution is -2.51. The highest BCUT2D eigenvalue weighted by atomic mass is 16.5. The van der Waals surface area contributed by atoms with Gasteiger partial charge in [0.05, 0.1) is 11.8 Å². The third-order valence-corrected chi connectivity index (χ3v) is 6.65. The number of rotatable bonds is 5. The van der Waals surface area contributed by atoms with Gasteiger partial charge in [-0.2, -0.15) is 0 Å². The van der Waals surface area contributed by atoms with Crippen molar-refractivity contribution >= 4 is 11.9 Å². The Kier molecular flexibility index (Phi) is 6.13. The smallest absolute Gasteiger partial charge is 0.310 e. The van der Waals surface area contributed by atoms with Crippen molar-refractivity contribution in [2.24, 2.45) is 17.8 Å². The van der Waals surface area contributed by atoms with E-state index in [1.165, 1.54) is 12.0 Å². The summed E-state index contributed by atoms with van der Waals surface area (Å²) in [6.07, 6.45) is 12.2. The molecule has 3 atom stereocenters. The van der Waals surface area contributed by atoms with Crippen LogP contribution in [0.1, 0.15) is 50.5 Å². The minimum atomic E-state index is -0.316. The number of hydrogen-bond donors (Lipinski definition) is 0. The van der Waals surface area contributed by atoms with Gasteiger partial charge in [0.15, 0.2) is 0 Å². The van der Waals surface area contributed by atoms with E-state index in [4.69, 9.17) is 4.74 Å². The first kappa shape index (κ1) is 19.2. The van der Waals surface area contributed by atoms with Crippen molar-refractivity contribution in [2.45, 2.75) is 57.5 Å². The largest absolute Gasteiger partial charge is 0.462 e. The van der Waals surface area contributed by atoms with Gasteiger partial charge in [-0.3, -0.25) is 9.59 Å². The van der Waals surface area contributed by atoms with Crippen molar-refractivity contribution < 1.29 is 14.3 Å². The van der Waals surface area contributed by atoms with Crippen molar-refractivity contribution in [3.8, 4) is 0 Å². The predicted molar refractivity (Wildman–Crippen MR) is 109 cm³/mol. The van der Waals surface area contributed by atoms with Gasteiger partial charge < -0.3 is 9.64 Å². The Labute approximate surface area is 167 Å². The summed E-state index contributed by atoms with van der Waals surface area (Å²) in [6, 6.07) is 10.3. The van der Waals surface area contributed by atoms with Crippen molar-refractivity contribution in [3.05, 3.63) is 48.0 Å². The molecule has 1 saturated carbocycles. The molecule has 0 aromatic heterocycles. The van der Waals surface area contributed by atoms with Crippen LogP contribution in [0.25, 0.3) is 0 Å². The Bertz CT molecular complexity index is 708. The molecular formula is C24H31NO3. The van der Waals surface area contributed by atoms with Gasteiger partial charge in [0.25, 0.3) is 0 Å². The highest BCUT2D eigenvalue weighted by Crippen LogP contribution is 2.38. The van der Waals surface area contributed by atoms with E-state index in [9.17, 15) is 9.59 Å². The van der Waals surface area contributed by atoms with Gasteiger partial charge in [0, 0.05) is 13.1 Å². The van der Waals surface area contributed by atoms with Crippen LogP contribution in [0.2, 0.25) is 0 Å². The van der Waals surface area contributed by atoms with Crippen molar-refractivity contribution in [2.75, 3.05) is 13.1 Å². The lowest BCUT2D eigenvalue weighted by molar-refractivity contribution is -0.164. The van der Waals surface area contributed by atoms with Crippen LogP contribution in [0.3, 0.4) is 0 Å². The Morgan fingerprint density at radius 3 is 2.64 bits per heavy atom. The van der Waals surface area contributed by atoms with Crippen molar-refractivity contribution in [1.29, 1.82) is 0 Å². The van der Waals surface area contributed by atoms with E-state index in [1.54, 1.807) is 0 Å². The molecule has 1 aromatic carbocycles. The van der Waals surface area contributed by atoms with Crippen LogP contribution in [-0.4, -0.2) is 36.0 Å². The molecule has 150 valence electrons. The van der Waals surface area contributed by atoms with E-state index in [-0.39, 0.29) is 35.7 Å². The molecule has 0 radical (unpaired) electrons. The molecule has 1 heterocycles. The quantitative estimate of drug-likeness (QED) is 0.569. The van der Waals surface area contributed by atoms with E-state index in [0.29, 0.717) is 6.42 Å². The molecular weight excluding hydrogens is 350 g/mol. The molecule has 2 fully saturated rings. The SMILES string of the molecule is O=C(OC1CCCCC1)[C@H]1CC=C[C@H]2CCN(CCc3ccccc3)C(=O)[C@@H]12. The molecule has 28 heavy (non-hydrogen) atoms. The summed E-state index contributed by atoms with van der Waals surface area (Å²) in [5.41, 5.74) is 1.24. The fraction of sp³-hybridized carbons (Fsp3) is 0.583. The van der Waals surface area contributed by atoms with Gasteiger partial charge in [-0.1, -0.05) is 48.9 Å². The highest BCUT2D eigenvalue weighted by molar-refractivity contribution is 5.87. The molecule has 4 rings (SSSR count). The summed E-state index contributed by atoms with van der Waals surface area (Å²) < 4.78 is 5.85. The van der Waals surface area contributed by atoms with Gasteiger partial charge in [-0.05, 0) is 56.4 Å². The van der Waals surface area contributed by atoms with Crippen LogP contribution in [0, 0.1) is 17.8 Å².